The average Bonchev–Trinajstić information content (AvgIpc) is 2.40. The zero-order valence-electron chi connectivity index (χ0n) is 9.88. The van der Waals surface area contributed by atoms with Gasteiger partial charge in [-0.1, -0.05) is 24.3 Å². The van der Waals surface area contributed by atoms with Crippen LogP contribution in [0, 0.1) is 0 Å². The van der Waals surface area contributed by atoms with E-state index in [1.54, 1.807) is 54.7 Å². The molecule has 2 N–H and O–H groups in total. The summed E-state index contributed by atoms with van der Waals surface area (Å²) in [5.41, 5.74) is 0.565. The molecule has 1 aromatic carbocycles. The van der Waals surface area contributed by atoms with Crippen molar-refractivity contribution in [3.63, 3.8) is 0 Å². The van der Waals surface area contributed by atoms with E-state index in [1.807, 2.05) is 0 Å². The molecule has 1 heterocycles. The Morgan fingerprint density at radius 3 is 2.63 bits per heavy atom. The van der Waals surface area contributed by atoms with Crippen LogP contribution in [0.25, 0.3) is 0 Å². The number of hydrazone groups is 1. The molecule has 2 rings (SSSR count). The molecule has 7 heteroatoms. The Kier molecular flexibility index (Phi) is 4.28. The second-order valence-electron chi connectivity index (χ2n) is 3.54. The Hall–Kier alpha value is -2.17. The molecule has 1 atom stereocenters. The predicted molar refractivity (Wildman–Crippen MR) is 71.9 cm³/mol. The molecule has 19 heavy (non-hydrogen) atoms. The molecular weight excluding hydrogens is 265 g/mol. The van der Waals surface area contributed by atoms with Gasteiger partial charge in [-0.2, -0.15) is 5.10 Å². The van der Waals surface area contributed by atoms with Crippen LogP contribution in [0.3, 0.4) is 0 Å². The maximum Gasteiger partial charge on any atom is 0.499 e. The first-order valence-corrected chi connectivity index (χ1v) is 7.02. The van der Waals surface area contributed by atoms with Gasteiger partial charge in [0.15, 0.2) is 0 Å². The molecule has 0 aliphatic carbocycles. The van der Waals surface area contributed by atoms with Crippen LogP contribution in [0.1, 0.15) is 5.69 Å². The minimum atomic E-state index is -4.03. The first-order chi connectivity index (χ1) is 9.16. The van der Waals surface area contributed by atoms with Gasteiger partial charge < -0.3 is 4.52 Å². The van der Waals surface area contributed by atoms with Crippen LogP contribution >= 0.6 is 7.75 Å². The molecule has 2 aromatic rings. The van der Waals surface area contributed by atoms with E-state index in [4.69, 9.17) is 4.52 Å². The first-order valence-electron chi connectivity index (χ1n) is 5.44. The van der Waals surface area contributed by atoms with Gasteiger partial charge in [-0.25, -0.2) is 9.76 Å². The molecule has 0 bridgehead atoms. The third-order valence-corrected chi connectivity index (χ3v) is 2.87. The van der Waals surface area contributed by atoms with Crippen LogP contribution < -0.4 is 9.72 Å². The Labute approximate surface area is 110 Å². The molecule has 98 valence electrons. The molecule has 0 aliphatic heterocycles. The van der Waals surface area contributed by atoms with Gasteiger partial charge in [0, 0.05) is 6.20 Å². The third kappa shape index (κ3) is 4.54. The highest BCUT2D eigenvalue weighted by atomic mass is 31.2. The van der Waals surface area contributed by atoms with Crippen molar-refractivity contribution < 1.29 is 14.0 Å². The van der Waals surface area contributed by atoms with E-state index in [0.717, 1.165) is 0 Å². The summed E-state index contributed by atoms with van der Waals surface area (Å²) in [6.45, 7) is 0. The average molecular weight is 277 g/mol. The van der Waals surface area contributed by atoms with Gasteiger partial charge in [-0.15, -0.1) is 0 Å². The fraction of sp³-hybridized carbons (Fsp3) is 0. The van der Waals surface area contributed by atoms with Crippen molar-refractivity contribution in [3.8, 4) is 5.75 Å². The highest BCUT2D eigenvalue weighted by Crippen LogP contribution is 2.37. The van der Waals surface area contributed by atoms with Crippen LogP contribution in [0.2, 0.25) is 0 Å². The van der Waals surface area contributed by atoms with E-state index < -0.39 is 7.75 Å². The van der Waals surface area contributed by atoms with Crippen molar-refractivity contribution in [2.24, 2.45) is 5.10 Å². The lowest BCUT2D eigenvalue weighted by Gasteiger charge is -2.11. The quantitative estimate of drug-likeness (QED) is 0.497. The van der Waals surface area contributed by atoms with Gasteiger partial charge in [-0.05, 0) is 24.3 Å². The molecule has 0 saturated heterocycles. The SMILES string of the molecule is O=P(O)(N/N=C/c1ccccn1)Oc1ccccc1. The van der Waals surface area contributed by atoms with Gasteiger partial charge in [0.1, 0.15) is 5.75 Å². The lowest BCUT2D eigenvalue weighted by Crippen LogP contribution is -2.08. The largest absolute Gasteiger partial charge is 0.499 e. The molecule has 0 radical (unpaired) electrons. The second-order valence-corrected chi connectivity index (χ2v) is 4.96. The lowest BCUT2D eigenvalue weighted by atomic mass is 10.3. The van der Waals surface area contributed by atoms with Crippen molar-refractivity contribution >= 4 is 14.0 Å². The van der Waals surface area contributed by atoms with Crippen molar-refractivity contribution in [1.82, 2.24) is 10.2 Å². The van der Waals surface area contributed by atoms with Crippen LogP contribution in [-0.4, -0.2) is 16.1 Å². The number of benzene rings is 1. The molecule has 1 unspecified atom stereocenters. The number of nitrogens with one attached hydrogen (secondary N) is 1. The fourth-order valence-corrected chi connectivity index (χ4v) is 1.92. The van der Waals surface area contributed by atoms with E-state index >= 15 is 0 Å². The molecular formula is C12H12N3O3P. The minimum Gasteiger partial charge on any atom is -0.408 e. The van der Waals surface area contributed by atoms with Gasteiger partial charge in [-0.3, -0.25) is 9.88 Å². The van der Waals surface area contributed by atoms with Crippen molar-refractivity contribution in [1.29, 1.82) is 0 Å². The molecule has 1 aromatic heterocycles. The van der Waals surface area contributed by atoms with Crippen molar-refractivity contribution in [2.45, 2.75) is 0 Å². The summed E-state index contributed by atoms with van der Waals surface area (Å²) >= 11 is 0. The summed E-state index contributed by atoms with van der Waals surface area (Å²) in [6, 6.07) is 13.6. The fourth-order valence-electron chi connectivity index (χ4n) is 1.26. The number of hydrogen-bond donors (Lipinski definition) is 2. The zero-order chi connectivity index (χ0) is 13.6. The summed E-state index contributed by atoms with van der Waals surface area (Å²) in [7, 11) is -4.03. The highest BCUT2D eigenvalue weighted by Gasteiger charge is 2.19. The molecule has 0 saturated carbocycles. The smallest absolute Gasteiger partial charge is 0.408 e. The van der Waals surface area contributed by atoms with Crippen LogP contribution in [0.15, 0.2) is 59.8 Å². The topological polar surface area (TPSA) is 83.8 Å². The monoisotopic (exact) mass is 277 g/mol. The summed E-state index contributed by atoms with van der Waals surface area (Å²) in [6.07, 6.45) is 2.93. The predicted octanol–water partition coefficient (Wildman–Crippen LogP) is 2.18. The maximum atomic E-state index is 11.7. The summed E-state index contributed by atoms with van der Waals surface area (Å²) in [5.74, 6) is 0.286. The summed E-state index contributed by atoms with van der Waals surface area (Å²) < 4.78 is 16.6. The number of rotatable bonds is 5. The normalized spacial score (nSPS) is 13.9. The number of para-hydroxylation sites is 1. The molecule has 0 aliphatic rings. The van der Waals surface area contributed by atoms with Crippen LogP contribution in [0.4, 0.5) is 0 Å². The van der Waals surface area contributed by atoms with Crippen molar-refractivity contribution in [3.05, 3.63) is 60.4 Å². The second kappa shape index (κ2) is 6.13. The Morgan fingerprint density at radius 2 is 1.95 bits per heavy atom. The molecule has 0 spiro atoms. The first kappa shape index (κ1) is 13.3. The maximum absolute atomic E-state index is 11.7. The molecule has 6 nitrogen and oxygen atoms in total. The highest BCUT2D eigenvalue weighted by molar-refractivity contribution is 7.50. The minimum absolute atomic E-state index is 0.286. The number of hydrogen-bond acceptors (Lipinski definition) is 4. The lowest BCUT2D eigenvalue weighted by molar-refractivity contribution is 0.366. The third-order valence-electron chi connectivity index (χ3n) is 2.04. The molecule has 0 amide bonds. The van der Waals surface area contributed by atoms with Gasteiger partial charge in [0.2, 0.25) is 0 Å². The summed E-state index contributed by atoms with van der Waals surface area (Å²) in [4.78, 5) is 13.5. The standard InChI is InChI=1S/C12H12N3O3P/c16-19(17,18-12-7-2-1-3-8-12)15-14-10-11-6-4-5-9-13-11/h1-10H,(H2,15,16,17)/b14-10+. The Balaban J connectivity index is 1.95. The van der Waals surface area contributed by atoms with E-state index in [-0.39, 0.29) is 5.75 Å². The number of aromatic nitrogens is 1. The van der Waals surface area contributed by atoms with Gasteiger partial charge in [0.25, 0.3) is 0 Å². The van der Waals surface area contributed by atoms with E-state index in [0.29, 0.717) is 5.69 Å². The number of pyridine rings is 1. The van der Waals surface area contributed by atoms with E-state index in [1.165, 1.54) is 6.21 Å². The van der Waals surface area contributed by atoms with E-state index in [2.05, 4.69) is 15.3 Å². The Bertz CT molecular complexity index is 590. The summed E-state index contributed by atoms with van der Waals surface area (Å²) in [5, 5.41) is 5.71. The van der Waals surface area contributed by atoms with Crippen LogP contribution in [0.5, 0.6) is 5.75 Å². The Morgan fingerprint density at radius 1 is 1.21 bits per heavy atom. The zero-order valence-corrected chi connectivity index (χ0v) is 10.8. The number of nitrogens with zero attached hydrogens (tertiary/aromatic N) is 2. The van der Waals surface area contributed by atoms with Gasteiger partial charge in [0.05, 0.1) is 11.9 Å². The van der Waals surface area contributed by atoms with Crippen LogP contribution in [-0.2, 0) is 4.57 Å². The van der Waals surface area contributed by atoms with Gasteiger partial charge >= 0.3 is 7.75 Å². The van der Waals surface area contributed by atoms with E-state index in [9.17, 15) is 9.46 Å². The molecule has 0 fully saturated rings. The van der Waals surface area contributed by atoms with Crippen molar-refractivity contribution in [2.75, 3.05) is 0 Å².